The quantitative estimate of drug-likeness (QED) is 0.748. The minimum Gasteiger partial charge on any atom is -0.379 e. The highest BCUT2D eigenvalue weighted by molar-refractivity contribution is 5.18. The molecule has 0 aromatic rings. The number of allylic oxidation sites excluding steroid dienone is 2. The number of rotatable bonds is 4. The van der Waals surface area contributed by atoms with E-state index in [4.69, 9.17) is 0 Å². The van der Waals surface area contributed by atoms with Crippen molar-refractivity contribution in [1.82, 2.24) is 9.80 Å². The predicted molar refractivity (Wildman–Crippen MR) is 87.6 cm³/mol. The lowest BCUT2D eigenvalue weighted by Gasteiger charge is -2.38. The van der Waals surface area contributed by atoms with Crippen molar-refractivity contribution < 1.29 is 0 Å². The van der Waals surface area contributed by atoms with Crippen molar-refractivity contribution in [2.24, 2.45) is 11.8 Å². The fraction of sp³-hybridized carbons (Fsp3) is 0.889. The van der Waals surface area contributed by atoms with Crippen LogP contribution in [0.3, 0.4) is 0 Å². The van der Waals surface area contributed by atoms with Crippen molar-refractivity contribution in [2.45, 2.75) is 64.2 Å². The topological polar surface area (TPSA) is 6.48 Å². The van der Waals surface area contributed by atoms with E-state index in [1.54, 1.807) is 11.4 Å². The SMILES string of the molecule is CN(C)/C(=C(/C1CCCCC1)N(C)C)C1CCCCC1. The summed E-state index contributed by atoms with van der Waals surface area (Å²) >= 11 is 0. The summed E-state index contributed by atoms with van der Waals surface area (Å²) < 4.78 is 0. The van der Waals surface area contributed by atoms with Gasteiger partial charge in [-0.15, -0.1) is 0 Å². The smallest absolute Gasteiger partial charge is 0.0356 e. The minimum atomic E-state index is 0.804. The fourth-order valence-corrected chi connectivity index (χ4v) is 4.36. The van der Waals surface area contributed by atoms with Crippen LogP contribution in [0.15, 0.2) is 11.4 Å². The average molecular weight is 278 g/mol. The summed E-state index contributed by atoms with van der Waals surface area (Å²) in [5.74, 6) is 1.61. The molecular weight excluding hydrogens is 244 g/mol. The first-order chi connectivity index (χ1) is 9.61. The Labute approximate surface area is 126 Å². The van der Waals surface area contributed by atoms with Gasteiger partial charge in [0.1, 0.15) is 0 Å². The maximum Gasteiger partial charge on any atom is 0.0356 e. The molecule has 0 atom stereocenters. The normalized spacial score (nSPS) is 23.4. The number of hydrogen-bond acceptors (Lipinski definition) is 2. The van der Waals surface area contributed by atoms with Gasteiger partial charge in [0, 0.05) is 51.4 Å². The van der Waals surface area contributed by atoms with Gasteiger partial charge in [-0.1, -0.05) is 38.5 Å². The summed E-state index contributed by atoms with van der Waals surface area (Å²) in [6, 6.07) is 0. The lowest BCUT2D eigenvalue weighted by atomic mass is 9.80. The summed E-state index contributed by atoms with van der Waals surface area (Å²) in [7, 11) is 9.04. The molecule has 2 saturated carbocycles. The molecule has 0 radical (unpaired) electrons. The van der Waals surface area contributed by atoms with Gasteiger partial charge in [0.15, 0.2) is 0 Å². The van der Waals surface area contributed by atoms with Crippen molar-refractivity contribution >= 4 is 0 Å². The summed E-state index contributed by atoms with van der Waals surface area (Å²) in [5, 5.41) is 0. The molecule has 0 bridgehead atoms. The van der Waals surface area contributed by atoms with E-state index in [0.717, 1.165) is 11.8 Å². The average Bonchev–Trinajstić information content (AvgIpc) is 2.45. The third-order valence-corrected chi connectivity index (χ3v) is 5.21. The van der Waals surface area contributed by atoms with Crippen LogP contribution in [-0.2, 0) is 0 Å². The van der Waals surface area contributed by atoms with Gasteiger partial charge in [-0.3, -0.25) is 0 Å². The summed E-state index contributed by atoms with van der Waals surface area (Å²) in [6.07, 6.45) is 14.2. The molecule has 2 nitrogen and oxygen atoms in total. The highest BCUT2D eigenvalue weighted by Crippen LogP contribution is 2.38. The molecule has 0 heterocycles. The van der Waals surface area contributed by atoms with Gasteiger partial charge in [0.2, 0.25) is 0 Å². The minimum absolute atomic E-state index is 0.804. The summed E-state index contributed by atoms with van der Waals surface area (Å²) in [5.41, 5.74) is 3.31. The van der Waals surface area contributed by atoms with E-state index >= 15 is 0 Å². The maximum absolute atomic E-state index is 2.43. The molecule has 0 spiro atoms. The Balaban J connectivity index is 2.30. The van der Waals surface area contributed by atoms with Gasteiger partial charge in [0.25, 0.3) is 0 Å². The molecule has 0 N–H and O–H groups in total. The molecule has 0 aliphatic heterocycles. The molecule has 0 aromatic carbocycles. The molecule has 2 rings (SSSR count). The summed E-state index contributed by atoms with van der Waals surface area (Å²) in [6.45, 7) is 0. The van der Waals surface area contributed by atoms with Gasteiger partial charge in [-0.05, 0) is 25.7 Å². The van der Waals surface area contributed by atoms with Gasteiger partial charge in [-0.25, -0.2) is 0 Å². The Morgan fingerprint density at radius 3 is 1.10 bits per heavy atom. The zero-order valence-corrected chi connectivity index (χ0v) is 14.1. The van der Waals surface area contributed by atoms with Gasteiger partial charge in [-0.2, -0.15) is 0 Å². The first-order valence-electron chi connectivity index (χ1n) is 8.70. The standard InChI is InChI=1S/C18H34N2/c1-19(2)17(15-11-7-5-8-12-15)18(20(3)4)16-13-9-6-10-14-16/h15-16H,5-14H2,1-4H3/b18-17-. The molecule has 2 fully saturated rings. The van der Waals surface area contributed by atoms with Crippen molar-refractivity contribution in [3.8, 4) is 0 Å². The molecule has 0 saturated heterocycles. The Morgan fingerprint density at radius 2 is 0.850 bits per heavy atom. The van der Waals surface area contributed by atoms with Crippen LogP contribution in [0.5, 0.6) is 0 Å². The molecule has 2 heteroatoms. The van der Waals surface area contributed by atoms with Crippen LogP contribution in [-0.4, -0.2) is 38.0 Å². The second kappa shape index (κ2) is 7.38. The van der Waals surface area contributed by atoms with Crippen molar-refractivity contribution in [2.75, 3.05) is 28.2 Å². The highest BCUT2D eigenvalue weighted by atomic mass is 15.1. The van der Waals surface area contributed by atoms with E-state index in [0.29, 0.717) is 0 Å². The number of nitrogens with zero attached hydrogens (tertiary/aromatic N) is 2. The molecule has 0 amide bonds. The Hall–Kier alpha value is -0.660. The molecule has 0 unspecified atom stereocenters. The zero-order chi connectivity index (χ0) is 14.5. The van der Waals surface area contributed by atoms with Gasteiger partial charge < -0.3 is 9.80 Å². The van der Waals surface area contributed by atoms with Crippen LogP contribution >= 0.6 is 0 Å². The third-order valence-electron chi connectivity index (χ3n) is 5.21. The lowest BCUT2D eigenvalue weighted by Crippen LogP contribution is -2.31. The van der Waals surface area contributed by atoms with E-state index in [1.165, 1.54) is 64.2 Å². The van der Waals surface area contributed by atoms with E-state index < -0.39 is 0 Å². The first kappa shape index (κ1) is 15.7. The monoisotopic (exact) mass is 278 g/mol. The van der Waals surface area contributed by atoms with Crippen LogP contribution in [0.4, 0.5) is 0 Å². The van der Waals surface area contributed by atoms with E-state index in [-0.39, 0.29) is 0 Å². The highest BCUT2D eigenvalue weighted by Gasteiger charge is 2.28. The van der Waals surface area contributed by atoms with Crippen molar-refractivity contribution in [3.63, 3.8) is 0 Å². The van der Waals surface area contributed by atoms with Crippen LogP contribution in [0, 0.1) is 11.8 Å². The van der Waals surface area contributed by atoms with Crippen LogP contribution in [0.2, 0.25) is 0 Å². The Bertz CT molecular complexity index is 286. The first-order valence-corrected chi connectivity index (χ1v) is 8.70. The third kappa shape index (κ3) is 3.71. The maximum atomic E-state index is 2.43. The van der Waals surface area contributed by atoms with Crippen molar-refractivity contribution in [1.29, 1.82) is 0 Å². The molecule has 2 aliphatic carbocycles. The van der Waals surface area contributed by atoms with E-state index in [1.807, 2.05) is 0 Å². The van der Waals surface area contributed by atoms with Crippen molar-refractivity contribution in [3.05, 3.63) is 11.4 Å². The zero-order valence-electron chi connectivity index (χ0n) is 14.1. The van der Waals surface area contributed by atoms with Crippen LogP contribution in [0.25, 0.3) is 0 Å². The molecule has 0 aromatic heterocycles. The summed E-state index contributed by atoms with van der Waals surface area (Å²) in [4.78, 5) is 4.86. The van der Waals surface area contributed by atoms with Gasteiger partial charge >= 0.3 is 0 Å². The van der Waals surface area contributed by atoms with Crippen LogP contribution < -0.4 is 0 Å². The Kier molecular flexibility index (Phi) is 5.80. The second-order valence-electron chi connectivity index (χ2n) is 7.23. The molecular formula is C18H34N2. The van der Waals surface area contributed by atoms with E-state index in [9.17, 15) is 0 Å². The predicted octanol–water partition coefficient (Wildman–Crippen LogP) is 4.48. The largest absolute Gasteiger partial charge is 0.379 e. The van der Waals surface area contributed by atoms with E-state index in [2.05, 4.69) is 38.0 Å². The number of hydrogen-bond donors (Lipinski definition) is 0. The fourth-order valence-electron chi connectivity index (χ4n) is 4.36. The van der Waals surface area contributed by atoms with Crippen LogP contribution in [0.1, 0.15) is 64.2 Å². The second-order valence-corrected chi connectivity index (χ2v) is 7.23. The molecule has 116 valence electrons. The molecule has 20 heavy (non-hydrogen) atoms. The molecule has 2 aliphatic rings. The Morgan fingerprint density at radius 1 is 0.550 bits per heavy atom. The lowest BCUT2D eigenvalue weighted by molar-refractivity contribution is 0.271. The van der Waals surface area contributed by atoms with Gasteiger partial charge in [0.05, 0.1) is 0 Å².